The van der Waals surface area contributed by atoms with E-state index < -0.39 is 21.8 Å². The second-order valence-corrected chi connectivity index (χ2v) is 10.3. The standard InChI is InChI=1S/C19H27BrN2O4S/c1-22(14-8-4-3-5-9-14)19(24)17(12-13-27(2,25)26)21-18(23)15-10-6-7-11-16(15)20/h6-7,10-11,14,17H,3-5,8-9,12-13H2,1-2H3,(H,21,23). The Labute approximate surface area is 169 Å². The van der Waals surface area contributed by atoms with Gasteiger partial charge in [0, 0.05) is 23.8 Å². The molecule has 0 heterocycles. The molecule has 1 aromatic rings. The normalized spacial score (nSPS) is 16.6. The van der Waals surface area contributed by atoms with Crippen molar-refractivity contribution >= 4 is 37.6 Å². The number of hydrogen-bond donors (Lipinski definition) is 1. The Balaban J connectivity index is 2.15. The van der Waals surface area contributed by atoms with Crippen LogP contribution >= 0.6 is 15.9 Å². The van der Waals surface area contributed by atoms with E-state index in [4.69, 9.17) is 0 Å². The van der Waals surface area contributed by atoms with Gasteiger partial charge < -0.3 is 10.2 Å². The lowest BCUT2D eigenvalue weighted by Gasteiger charge is -2.34. The van der Waals surface area contributed by atoms with Crippen molar-refractivity contribution in [2.45, 2.75) is 50.6 Å². The highest BCUT2D eigenvalue weighted by Gasteiger charge is 2.30. The first kappa shape index (κ1) is 21.9. The average molecular weight is 459 g/mol. The lowest BCUT2D eigenvalue weighted by molar-refractivity contribution is -0.134. The van der Waals surface area contributed by atoms with Crippen LogP contribution in [0, 0.1) is 0 Å². The van der Waals surface area contributed by atoms with Gasteiger partial charge in [-0.15, -0.1) is 0 Å². The summed E-state index contributed by atoms with van der Waals surface area (Å²) in [5.74, 6) is -0.782. The molecule has 0 radical (unpaired) electrons. The lowest BCUT2D eigenvalue weighted by atomic mass is 9.94. The van der Waals surface area contributed by atoms with Gasteiger partial charge in [-0.05, 0) is 47.3 Å². The number of amides is 2. The van der Waals surface area contributed by atoms with Gasteiger partial charge in [0.15, 0.2) is 0 Å². The Morgan fingerprint density at radius 3 is 2.44 bits per heavy atom. The molecule has 1 saturated carbocycles. The number of rotatable bonds is 7. The van der Waals surface area contributed by atoms with Crippen LogP contribution < -0.4 is 5.32 Å². The summed E-state index contributed by atoms with van der Waals surface area (Å²) in [4.78, 5) is 27.3. The molecule has 0 aromatic heterocycles. The maximum Gasteiger partial charge on any atom is 0.253 e. The van der Waals surface area contributed by atoms with E-state index in [9.17, 15) is 18.0 Å². The Bertz CT molecular complexity index is 776. The fourth-order valence-corrected chi connectivity index (χ4v) is 4.49. The molecular formula is C19H27BrN2O4S. The molecule has 1 atom stereocenters. The number of carbonyl (C=O) groups excluding carboxylic acids is 2. The first-order valence-electron chi connectivity index (χ1n) is 9.19. The minimum atomic E-state index is -3.24. The molecule has 2 rings (SSSR count). The van der Waals surface area contributed by atoms with Crippen LogP contribution in [0.2, 0.25) is 0 Å². The van der Waals surface area contributed by atoms with Crippen LogP contribution in [0.25, 0.3) is 0 Å². The molecule has 0 spiro atoms. The number of nitrogens with one attached hydrogen (secondary N) is 1. The van der Waals surface area contributed by atoms with Gasteiger partial charge >= 0.3 is 0 Å². The lowest BCUT2D eigenvalue weighted by Crippen LogP contribution is -2.51. The minimum absolute atomic E-state index is 0.0604. The summed E-state index contributed by atoms with van der Waals surface area (Å²) >= 11 is 3.33. The third-order valence-electron chi connectivity index (χ3n) is 4.97. The monoisotopic (exact) mass is 458 g/mol. The Morgan fingerprint density at radius 2 is 1.85 bits per heavy atom. The summed E-state index contributed by atoms with van der Waals surface area (Å²) in [7, 11) is -1.50. The van der Waals surface area contributed by atoms with Crippen molar-refractivity contribution in [3.05, 3.63) is 34.3 Å². The summed E-state index contributed by atoms with van der Waals surface area (Å²) in [6.45, 7) is 0. The van der Waals surface area contributed by atoms with E-state index in [1.165, 1.54) is 6.42 Å². The van der Waals surface area contributed by atoms with Gasteiger partial charge in [-0.1, -0.05) is 31.4 Å². The minimum Gasteiger partial charge on any atom is -0.341 e. The summed E-state index contributed by atoms with van der Waals surface area (Å²) < 4.78 is 23.8. The maximum atomic E-state index is 13.0. The van der Waals surface area contributed by atoms with Crippen molar-refractivity contribution in [2.24, 2.45) is 0 Å². The number of hydrogen-bond acceptors (Lipinski definition) is 4. The van der Waals surface area contributed by atoms with E-state index in [0.717, 1.165) is 31.9 Å². The Kier molecular flexibility index (Phi) is 7.85. The molecule has 0 saturated heterocycles. The predicted molar refractivity (Wildman–Crippen MR) is 109 cm³/mol. The second kappa shape index (κ2) is 9.68. The Morgan fingerprint density at radius 1 is 1.22 bits per heavy atom. The van der Waals surface area contributed by atoms with Crippen LogP contribution in [0.4, 0.5) is 0 Å². The highest BCUT2D eigenvalue weighted by Crippen LogP contribution is 2.23. The SMILES string of the molecule is CN(C(=O)C(CCS(C)(=O)=O)NC(=O)c1ccccc1Br)C1CCCCC1. The number of benzene rings is 1. The van der Waals surface area contributed by atoms with E-state index in [1.807, 2.05) is 0 Å². The van der Waals surface area contributed by atoms with Gasteiger partial charge in [0.05, 0.1) is 11.3 Å². The molecule has 1 aliphatic rings. The molecule has 150 valence electrons. The molecule has 8 heteroatoms. The summed E-state index contributed by atoms with van der Waals surface area (Å²) in [5, 5.41) is 2.74. The van der Waals surface area contributed by atoms with Gasteiger partial charge in [-0.2, -0.15) is 0 Å². The van der Waals surface area contributed by atoms with Crippen molar-refractivity contribution < 1.29 is 18.0 Å². The van der Waals surface area contributed by atoms with E-state index in [2.05, 4.69) is 21.2 Å². The molecular weight excluding hydrogens is 432 g/mol. The molecule has 1 fully saturated rings. The highest BCUT2D eigenvalue weighted by molar-refractivity contribution is 9.10. The smallest absolute Gasteiger partial charge is 0.253 e. The molecule has 0 bridgehead atoms. The molecule has 1 aromatic carbocycles. The van der Waals surface area contributed by atoms with Gasteiger partial charge in [-0.3, -0.25) is 9.59 Å². The first-order valence-corrected chi connectivity index (χ1v) is 12.0. The molecule has 6 nitrogen and oxygen atoms in total. The maximum absolute atomic E-state index is 13.0. The van der Waals surface area contributed by atoms with E-state index in [-0.39, 0.29) is 24.1 Å². The quantitative estimate of drug-likeness (QED) is 0.680. The molecule has 1 unspecified atom stereocenters. The molecule has 1 N–H and O–H groups in total. The van der Waals surface area contributed by atoms with E-state index >= 15 is 0 Å². The topological polar surface area (TPSA) is 83.6 Å². The number of sulfone groups is 1. The zero-order valence-electron chi connectivity index (χ0n) is 15.8. The third-order valence-corrected chi connectivity index (χ3v) is 6.64. The predicted octanol–water partition coefficient (Wildman–Crippen LogP) is 2.77. The van der Waals surface area contributed by atoms with Crippen LogP contribution in [0.5, 0.6) is 0 Å². The first-order chi connectivity index (χ1) is 12.7. The summed E-state index contributed by atoms with van der Waals surface area (Å²) in [5.41, 5.74) is 0.412. The fourth-order valence-electron chi connectivity index (χ4n) is 3.36. The van der Waals surface area contributed by atoms with E-state index in [1.54, 1.807) is 36.2 Å². The third kappa shape index (κ3) is 6.60. The Hall–Kier alpha value is -1.41. The summed E-state index contributed by atoms with van der Waals surface area (Å²) in [6.07, 6.45) is 6.42. The van der Waals surface area contributed by atoms with Gasteiger partial charge in [0.1, 0.15) is 15.9 Å². The number of carbonyl (C=O) groups is 2. The highest BCUT2D eigenvalue weighted by atomic mass is 79.9. The molecule has 2 amide bonds. The number of halogens is 1. The van der Waals surface area contributed by atoms with Crippen molar-refractivity contribution in [3.8, 4) is 0 Å². The van der Waals surface area contributed by atoms with Crippen LogP contribution in [0.1, 0.15) is 48.9 Å². The zero-order valence-corrected chi connectivity index (χ0v) is 18.2. The van der Waals surface area contributed by atoms with Crippen molar-refractivity contribution in [1.29, 1.82) is 0 Å². The number of nitrogens with zero attached hydrogens (tertiary/aromatic N) is 1. The average Bonchev–Trinajstić information content (AvgIpc) is 2.64. The van der Waals surface area contributed by atoms with Crippen molar-refractivity contribution in [1.82, 2.24) is 10.2 Å². The van der Waals surface area contributed by atoms with Gasteiger partial charge in [0.25, 0.3) is 5.91 Å². The molecule has 27 heavy (non-hydrogen) atoms. The van der Waals surface area contributed by atoms with Crippen LogP contribution in [0.15, 0.2) is 28.7 Å². The van der Waals surface area contributed by atoms with Crippen LogP contribution in [-0.4, -0.2) is 56.3 Å². The fraction of sp³-hybridized carbons (Fsp3) is 0.579. The van der Waals surface area contributed by atoms with Crippen molar-refractivity contribution in [2.75, 3.05) is 19.1 Å². The number of likely N-dealkylation sites (N-methyl/N-ethyl adjacent to an activating group) is 1. The molecule has 0 aliphatic heterocycles. The van der Waals surface area contributed by atoms with Gasteiger partial charge in [-0.25, -0.2) is 8.42 Å². The van der Waals surface area contributed by atoms with Crippen molar-refractivity contribution in [3.63, 3.8) is 0 Å². The largest absolute Gasteiger partial charge is 0.341 e. The second-order valence-electron chi connectivity index (χ2n) is 7.17. The van der Waals surface area contributed by atoms with Gasteiger partial charge in [0.2, 0.25) is 5.91 Å². The zero-order chi connectivity index (χ0) is 20.0. The van der Waals surface area contributed by atoms with E-state index in [0.29, 0.717) is 10.0 Å². The van der Waals surface area contributed by atoms with Crippen LogP contribution in [0.3, 0.4) is 0 Å². The van der Waals surface area contributed by atoms with Crippen LogP contribution in [-0.2, 0) is 14.6 Å². The molecule has 1 aliphatic carbocycles. The summed E-state index contributed by atoms with van der Waals surface area (Å²) in [6, 6.07) is 6.21.